The van der Waals surface area contributed by atoms with Gasteiger partial charge in [0.1, 0.15) is 18.5 Å². The van der Waals surface area contributed by atoms with Crippen molar-refractivity contribution < 1.29 is 14.6 Å². The number of hydrogen-bond acceptors (Lipinski definition) is 4. The summed E-state index contributed by atoms with van der Waals surface area (Å²) >= 11 is 0. The Kier molecular flexibility index (Phi) is 8.27. The number of aliphatic hydroxyl groups excluding tert-OH is 1. The van der Waals surface area contributed by atoms with Crippen LogP contribution < -0.4 is 9.64 Å². The Morgan fingerprint density at radius 3 is 2.10 bits per heavy atom. The standard InChI is InChI=1S/C26H38N2O3/c1-25(2,3)24(30)28(7)21-15-13-20(14-16-21)17-26(4,5)27(6)18-22(29)19-31-23-11-9-8-10-12-23/h8-16,22,29H,17-19H2,1-7H3. The van der Waals surface area contributed by atoms with Gasteiger partial charge in [0.15, 0.2) is 0 Å². The maximum absolute atomic E-state index is 12.5. The number of ether oxygens (including phenoxy) is 1. The zero-order chi connectivity index (χ0) is 23.2. The number of β-amino-alcohol motifs (C(OH)–C–C–N with tert-alkyl or cyclic N) is 1. The van der Waals surface area contributed by atoms with Gasteiger partial charge in [-0.3, -0.25) is 9.69 Å². The summed E-state index contributed by atoms with van der Waals surface area (Å²) in [4.78, 5) is 16.4. The number of carbonyl (C=O) groups is 1. The van der Waals surface area contributed by atoms with Crippen molar-refractivity contribution in [2.75, 3.05) is 32.1 Å². The average Bonchev–Trinajstić information content (AvgIpc) is 2.71. The van der Waals surface area contributed by atoms with E-state index in [4.69, 9.17) is 4.74 Å². The topological polar surface area (TPSA) is 53.0 Å². The van der Waals surface area contributed by atoms with Gasteiger partial charge in [-0.2, -0.15) is 0 Å². The fourth-order valence-electron chi connectivity index (χ4n) is 3.42. The van der Waals surface area contributed by atoms with E-state index in [1.54, 1.807) is 4.90 Å². The number of anilines is 1. The molecule has 0 aliphatic rings. The lowest BCUT2D eigenvalue weighted by Gasteiger charge is -2.37. The average molecular weight is 427 g/mol. The van der Waals surface area contributed by atoms with E-state index in [0.29, 0.717) is 6.54 Å². The highest BCUT2D eigenvalue weighted by atomic mass is 16.5. The highest BCUT2D eigenvalue weighted by Gasteiger charge is 2.27. The lowest BCUT2D eigenvalue weighted by atomic mass is 9.92. The van der Waals surface area contributed by atoms with Crippen LogP contribution in [0.4, 0.5) is 5.69 Å². The Labute approximate surface area is 187 Å². The maximum Gasteiger partial charge on any atom is 0.232 e. The molecular weight excluding hydrogens is 388 g/mol. The van der Waals surface area contributed by atoms with Gasteiger partial charge in [-0.25, -0.2) is 0 Å². The highest BCUT2D eigenvalue weighted by molar-refractivity contribution is 5.96. The minimum absolute atomic E-state index is 0.0898. The van der Waals surface area contributed by atoms with Crippen LogP contribution in [-0.4, -0.2) is 54.8 Å². The molecule has 0 spiro atoms. The van der Waals surface area contributed by atoms with Crippen molar-refractivity contribution in [2.45, 2.75) is 52.7 Å². The summed E-state index contributed by atoms with van der Waals surface area (Å²) in [5, 5.41) is 10.4. The van der Waals surface area contributed by atoms with Crippen molar-refractivity contribution >= 4 is 11.6 Å². The van der Waals surface area contributed by atoms with Crippen LogP contribution >= 0.6 is 0 Å². The Morgan fingerprint density at radius 1 is 0.968 bits per heavy atom. The van der Waals surface area contributed by atoms with Gasteiger partial charge >= 0.3 is 0 Å². The third-order valence-electron chi connectivity index (χ3n) is 5.61. The van der Waals surface area contributed by atoms with Gasteiger partial charge in [-0.1, -0.05) is 51.1 Å². The van der Waals surface area contributed by atoms with E-state index < -0.39 is 11.5 Å². The van der Waals surface area contributed by atoms with Crippen LogP contribution in [0.5, 0.6) is 5.75 Å². The third kappa shape index (κ3) is 7.37. The minimum Gasteiger partial charge on any atom is -0.491 e. The normalized spacial score (nSPS) is 13.2. The molecule has 5 heteroatoms. The van der Waals surface area contributed by atoms with E-state index in [2.05, 4.69) is 30.9 Å². The molecule has 170 valence electrons. The van der Waals surface area contributed by atoms with Gasteiger partial charge in [0.05, 0.1) is 0 Å². The fourth-order valence-corrected chi connectivity index (χ4v) is 3.42. The van der Waals surface area contributed by atoms with Crippen LogP contribution in [0.1, 0.15) is 40.2 Å². The summed E-state index contributed by atoms with van der Waals surface area (Å²) in [5.74, 6) is 0.852. The summed E-state index contributed by atoms with van der Waals surface area (Å²) in [6, 6.07) is 17.7. The van der Waals surface area contributed by atoms with E-state index in [-0.39, 0.29) is 18.1 Å². The van der Waals surface area contributed by atoms with Crippen molar-refractivity contribution in [1.29, 1.82) is 0 Å². The Morgan fingerprint density at radius 2 is 1.55 bits per heavy atom. The maximum atomic E-state index is 12.5. The van der Waals surface area contributed by atoms with Crippen LogP contribution in [0.2, 0.25) is 0 Å². The number of carbonyl (C=O) groups excluding carboxylic acids is 1. The molecule has 1 atom stereocenters. The number of hydrogen-bond donors (Lipinski definition) is 1. The molecule has 2 aromatic rings. The van der Waals surface area contributed by atoms with Crippen molar-refractivity contribution in [2.24, 2.45) is 5.41 Å². The second-order valence-corrected chi connectivity index (χ2v) is 9.93. The molecule has 0 saturated heterocycles. The van der Waals surface area contributed by atoms with Gasteiger partial charge in [-0.15, -0.1) is 0 Å². The largest absolute Gasteiger partial charge is 0.491 e. The van der Waals surface area contributed by atoms with Crippen molar-refractivity contribution in [1.82, 2.24) is 4.90 Å². The molecule has 1 amide bonds. The van der Waals surface area contributed by atoms with E-state index in [1.807, 2.05) is 77.3 Å². The zero-order valence-corrected chi connectivity index (χ0v) is 20.1. The Balaban J connectivity index is 1.92. The van der Waals surface area contributed by atoms with Gasteiger partial charge in [-0.05, 0) is 57.1 Å². The predicted molar refractivity (Wildman–Crippen MR) is 128 cm³/mol. The smallest absolute Gasteiger partial charge is 0.232 e. The number of likely N-dealkylation sites (N-methyl/N-ethyl adjacent to an activating group) is 1. The third-order valence-corrected chi connectivity index (χ3v) is 5.61. The fraction of sp³-hybridized carbons (Fsp3) is 0.500. The molecule has 0 aliphatic carbocycles. The van der Waals surface area contributed by atoms with E-state index in [1.165, 1.54) is 5.56 Å². The van der Waals surface area contributed by atoms with Crippen LogP contribution in [0, 0.1) is 5.41 Å². The second kappa shape index (κ2) is 10.3. The SMILES string of the molecule is CN(C(=O)C(C)(C)C)c1ccc(CC(C)(C)N(C)CC(O)COc2ccccc2)cc1. The number of rotatable bonds is 9. The molecule has 0 saturated carbocycles. The summed E-state index contributed by atoms with van der Waals surface area (Å²) in [7, 11) is 3.84. The molecule has 2 aromatic carbocycles. The number of benzene rings is 2. The van der Waals surface area contributed by atoms with Gasteiger partial charge in [0.25, 0.3) is 0 Å². The van der Waals surface area contributed by atoms with Crippen LogP contribution in [-0.2, 0) is 11.2 Å². The molecule has 0 radical (unpaired) electrons. The predicted octanol–water partition coefficient (Wildman–Crippen LogP) is 4.39. The lowest BCUT2D eigenvalue weighted by molar-refractivity contribution is -0.125. The quantitative estimate of drug-likeness (QED) is 0.646. The number of para-hydroxylation sites is 1. The van der Waals surface area contributed by atoms with Crippen LogP contribution in [0.3, 0.4) is 0 Å². The first-order valence-corrected chi connectivity index (χ1v) is 10.8. The molecular formula is C26H38N2O3. The summed E-state index contributed by atoms with van der Waals surface area (Å²) in [5.41, 5.74) is 1.52. The van der Waals surface area contributed by atoms with Gasteiger partial charge in [0.2, 0.25) is 5.91 Å². The van der Waals surface area contributed by atoms with Gasteiger partial charge < -0.3 is 14.7 Å². The van der Waals surface area contributed by atoms with E-state index in [9.17, 15) is 9.90 Å². The van der Waals surface area contributed by atoms with Crippen molar-refractivity contribution in [3.8, 4) is 5.75 Å². The Hall–Kier alpha value is -2.37. The van der Waals surface area contributed by atoms with Crippen LogP contribution in [0.25, 0.3) is 0 Å². The molecule has 5 nitrogen and oxygen atoms in total. The van der Waals surface area contributed by atoms with E-state index >= 15 is 0 Å². The number of amides is 1. The molecule has 2 rings (SSSR count). The monoisotopic (exact) mass is 426 g/mol. The molecule has 0 aliphatic heterocycles. The summed E-state index contributed by atoms with van der Waals surface area (Å²) < 4.78 is 5.67. The van der Waals surface area contributed by atoms with Gasteiger partial charge in [0, 0.05) is 30.2 Å². The Bertz CT molecular complexity index is 826. The molecule has 0 aromatic heterocycles. The lowest BCUT2D eigenvalue weighted by Crippen LogP contribution is -2.47. The molecule has 0 fully saturated rings. The summed E-state index contributed by atoms with van der Waals surface area (Å²) in [6.45, 7) is 10.9. The van der Waals surface area contributed by atoms with Crippen LogP contribution in [0.15, 0.2) is 54.6 Å². The first-order valence-electron chi connectivity index (χ1n) is 10.8. The van der Waals surface area contributed by atoms with Crippen molar-refractivity contribution in [3.05, 3.63) is 60.2 Å². The van der Waals surface area contributed by atoms with Crippen molar-refractivity contribution in [3.63, 3.8) is 0 Å². The first kappa shape index (κ1) is 24.9. The second-order valence-electron chi connectivity index (χ2n) is 9.93. The first-order chi connectivity index (χ1) is 14.4. The zero-order valence-electron chi connectivity index (χ0n) is 20.1. The number of nitrogens with zero attached hydrogens (tertiary/aromatic N) is 2. The molecule has 31 heavy (non-hydrogen) atoms. The highest BCUT2D eigenvalue weighted by Crippen LogP contribution is 2.25. The molecule has 0 heterocycles. The van der Waals surface area contributed by atoms with E-state index in [0.717, 1.165) is 17.9 Å². The number of aliphatic hydroxyl groups is 1. The molecule has 1 N–H and O–H groups in total. The molecule has 1 unspecified atom stereocenters. The minimum atomic E-state index is -0.580. The summed E-state index contributed by atoms with van der Waals surface area (Å²) in [6.07, 6.45) is 0.247. The molecule has 0 bridgehead atoms.